The molecule has 7 heteroatoms. The van der Waals surface area contributed by atoms with E-state index >= 15 is 0 Å². The normalized spacial score (nSPS) is 19.7. The van der Waals surface area contributed by atoms with Gasteiger partial charge < -0.3 is 20.0 Å². The zero-order chi connectivity index (χ0) is 18.5. The molecule has 2 aromatic rings. The molecular weight excluding hydrogens is 342 g/mol. The summed E-state index contributed by atoms with van der Waals surface area (Å²) >= 11 is 0. The molecule has 1 saturated carbocycles. The van der Waals surface area contributed by atoms with Crippen LogP contribution < -0.4 is 15.5 Å². The Morgan fingerprint density at radius 3 is 3.04 bits per heavy atom. The maximum atomic E-state index is 12.1. The molecule has 144 valence electrons. The van der Waals surface area contributed by atoms with Gasteiger partial charge in [-0.25, -0.2) is 9.97 Å². The zero-order valence-electron chi connectivity index (χ0n) is 15.6. The molecule has 2 aliphatic rings. The number of carbonyl (C=O) groups excluding carboxylic acids is 1. The summed E-state index contributed by atoms with van der Waals surface area (Å²) < 4.78 is 5.24. The second-order valence-corrected chi connectivity index (χ2v) is 7.53. The van der Waals surface area contributed by atoms with Crippen LogP contribution >= 0.6 is 0 Å². The van der Waals surface area contributed by atoms with Crippen molar-refractivity contribution in [3.8, 4) is 0 Å². The van der Waals surface area contributed by atoms with Crippen molar-refractivity contribution < 1.29 is 9.21 Å². The first-order valence-electron chi connectivity index (χ1n) is 9.89. The summed E-state index contributed by atoms with van der Waals surface area (Å²) in [6.07, 6.45) is 9.48. The van der Waals surface area contributed by atoms with Crippen LogP contribution in [0.4, 0.5) is 11.6 Å². The lowest BCUT2D eigenvalue weighted by atomic mass is 9.93. The molecule has 7 nitrogen and oxygen atoms in total. The van der Waals surface area contributed by atoms with Crippen molar-refractivity contribution in [3.63, 3.8) is 0 Å². The highest BCUT2D eigenvalue weighted by Gasteiger charge is 2.24. The summed E-state index contributed by atoms with van der Waals surface area (Å²) in [6.45, 7) is 2.42. The van der Waals surface area contributed by atoms with Gasteiger partial charge in [0, 0.05) is 31.6 Å². The molecule has 0 radical (unpaired) electrons. The highest BCUT2D eigenvalue weighted by molar-refractivity contribution is 5.75. The molecule has 1 saturated heterocycles. The highest BCUT2D eigenvalue weighted by atomic mass is 16.3. The van der Waals surface area contributed by atoms with Gasteiger partial charge in [0.25, 0.3) is 0 Å². The molecule has 4 rings (SSSR count). The summed E-state index contributed by atoms with van der Waals surface area (Å²) in [4.78, 5) is 23.2. The molecule has 0 spiro atoms. The number of aromatic nitrogens is 2. The van der Waals surface area contributed by atoms with Crippen molar-refractivity contribution in [2.75, 3.05) is 23.3 Å². The summed E-state index contributed by atoms with van der Waals surface area (Å²) in [7, 11) is 0. The first-order valence-corrected chi connectivity index (χ1v) is 9.89. The summed E-state index contributed by atoms with van der Waals surface area (Å²) in [5, 5.41) is 6.36. The summed E-state index contributed by atoms with van der Waals surface area (Å²) in [5.41, 5.74) is 0. The molecule has 27 heavy (non-hydrogen) atoms. The molecule has 1 aliphatic heterocycles. The molecule has 2 fully saturated rings. The van der Waals surface area contributed by atoms with Gasteiger partial charge in [-0.05, 0) is 50.2 Å². The van der Waals surface area contributed by atoms with Gasteiger partial charge in [-0.3, -0.25) is 4.79 Å². The van der Waals surface area contributed by atoms with Gasteiger partial charge in [0.2, 0.25) is 5.91 Å². The van der Waals surface area contributed by atoms with Crippen molar-refractivity contribution in [3.05, 3.63) is 36.5 Å². The van der Waals surface area contributed by atoms with E-state index in [4.69, 9.17) is 4.42 Å². The first-order chi connectivity index (χ1) is 13.3. The van der Waals surface area contributed by atoms with Gasteiger partial charge in [0.15, 0.2) is 0 Å². The van der Waals surface area contributed by atoms with Crippen molar-refractivity contribution in [2.45, 2.75) is 51.1 Å². The van der Waals surface area contributed by atoms with Gasteiger partial charge in [-0.2, -0.15) is 0 Å². The molecular formula is C20H27N5O2. The number of rotatable bonds is 8. The molecule has 1 aliphatic carbocycles. The van der Waals surface area contributed by atoms with Gasteiger partial charge in [0.1, 0.15) is 23.7 Å². The van der Waals surface area contributed by atoms with Crippen LogP contribution in [-0.4, -0.2) is 35.0 Å². The number of hydrogen-bond acceptors (Lipinski definition) is 6. The van der Waals surface area contributed by atoms with Crippen molar-refractivity contribution >= 4 is 17.5 Å². The van der Waals surface area contributed by atoms with E-state index in [0.717, 1.165) is 43.3 Å². The summed E-state index contributed by atoms with van der Waals surface area (Å²) in [5.74, 6) is 3.29. The highest BCUT2D eigenvalue weighted by Crippen LogP contribution is 2.27. The van der Waals surface area contributed by atoms with E-state index in [9.17, 15) is 4.79 Å². The third kappa shape index (κ3) is 5.21. The number of anilines is 2. The molecule has 3 heterocycles. The molecule has 1 unspecified atom stereocenters. The average molecular weight is 369 g/mol. The minimum atomic E-state index is 0.0847. The third-order valence-corrected chi connectivity index (χ3v) is 5.24. The van der Waals surface area contributed by atoms with E-state index in [-0.39, 0.29) is 5.91 Å². The second kappa shape index (κ2) is 8.41. The second-order valence-electron chi connectivity index (χ2n) is 7.53. The molecule has 0 aromatic carbocycles. The predicted octanol–water partition coefficient (Wildman–Crippen LogP) is 2.96. The number of hydrogen-bond donors (Lipinski definition) is 2. The topological polar surface area (TPSA) is 83.3 Å². The average Bonchev–Trinajstić information content (AvgIpc) is 3.35. The van der Waals surface area contributed by atoms with Crippen LogP contribution in [0.1, 0.15) is 44.3 Å². The van der Waals surface area contributed by atoms with Gasteiger partial charge in [0.05, 0.1) is 12.8 Å². The number of nitrogens with zero attached hydrogens (tertiary/aromatic N) is 3. The fraction of sp³-hybridized carbons (Fsp3) is 0.550. The van der Waals surface area contributed by atoms with E-state index < -0.39 is 0 Å². The van der Waals surface area contributed by atoms with Crippen LogP contribution in [0.15, 0.2) is 35.2 Å². The van der Waals surface area contributed by atoms with Gasteiger partial charge in [-0.15, -0.1) is 0 Å². The van der Waals surface area contributed by atoms with E-state index in [1.807, 2.05) is 12.1 Å². The quantitative estimate of drug-likeness (QED) is 0.744. The van der Waals surface area contributed by atoms with Gasteiger partial charge >= 0.3 is 0 Å². The fourth-order valence-corrected chi connectivity index (χ4v) is 3.57. The van der Waals surface area contributed by atoms with Crippen LogP contribution in [0.3, 0.4) is 0 Å². The Kier molecular flexibility index (Phi) is 5.55. The van der Waals surface area contributed by atoms with Crippen LogP contribution in [0.25, 0.3) is 0 Å². The third-order valence-electron chi connectivity index (χ3n) is 5.24. The number of amides is 1. The lowest BCUT2D eigenvalue weighted by Gasteiger charge is -2.33. The Balaban J connectivity index is 1.24. The minimum absolute atomic E-state index is 0.0847. The van der Waals surface area contributed by atoms with Crippen LogP contribution in [0, 0.1) is 5.92 Å². The molecule has 1 atom stereocenters. The molecule has 2 aromatic heterocycles. The van der Waals surface area contributed by atoms with E-state index in [2.05, 4.69) is 31.6 Å². The van der Waals surface area contributed by atoms with Crippen molar-refractivity contribution in [1.29, 1.82) is 0 Å². The van der Waals surface area contributed by atoms with Crippen molar-refractivity contribution in [1.82, 2.24) is 15.3 Å². The Morgan fingerprint density at radius 2 is 2.22 bits per heavy atom. The number of piperidine rings is 1. The number of furan rings is 1. The number of carbonyl (C=O) groups is 1. The molecule has 0 bridgehead atoms. The Labute approximate surface area is 159 Å². The lowest BCUT2D eigenvalue weighted by Crippen LogP contribution is -2.36. The predicted molar refractivity (Wildman–Crippen MR) is 103 cm³/mol. The standard InChI is InChI=1S/C20H27N5O2/c26-20(21-12-17-4-2-10-27-17)8-5-15-3-1-9-25(13-15)19-11-18(22-14-23-19)24-16-6-7-16/h2,4,10-11,14-16H,1,3,5-9,12-13H2,(H,21,26)(H,22,23,24). The Hall–Kier alpha value is -2.57. The fourth-order valence-electron chi connectivity index (χ4n) is 3.57. The maximum Gasteiger partial charge on any atom is 0.220 e. The van der Waals surface area contributed by atoms with Gasteiger partial charge in [-0.1, -0.05) is 0 Å². The van der Waals surface area contributed by atoms with E-state index in [1.54, 1.807) is 12.6 Å². The largest absolute Gasteiger partial charge is 0.467 e. The lowest BCUT2D eigenvalue weighted by molar-refractivity contribution is -0.121. The SMILES string of the molecule is O=C(CCC1CCCN(c2cc(NC3CC3)ncn2)C1)NCc1ccco1. The first kappa shape index (κ1) is 17.8. The van der Waals surface area contributed by atoms with Crippen LogP contribution in [0.2, 0.25) is 0 Å². The van der Waals surface area contributed by atoms with E-state index in [1.165, 1.54) is 19.3 Å². The minimum Gasteiger partial charge on any atom is -0.467 e. The van der Waals surface area contributed by atoms with Crippen LogP contribution in [-0.2, 0) is 11.3 Å². The van der Waals surface area contributed by atoms with Crippen LogP contribution in [0.5, 0.6) is 0 Å². The van der Waals surface area contributed by atoms with E-state index in [0.29, 0.717) is 24.9 Å². The Morgan fingerprint density at radius 1 is 1.30 bits per heavy atom. The van der Waals surface area contributed by atoms with Crippen molar-refractivity contribution in [2.24, 2.45) is 5.92 Å². The Bertz CT molecular complexity index is 745. The number of nitrogens with one attached hydrogen (secondary N) is 2. The monoisotopic (exact) mass is 369 g/mol. The molecule has 1 amide bonds. The zero-order valence-corrected chi connectivity index (χ0v) is 15.6. The summed E-state index contributed by atoms with van der Waals surface area (Å²) in [6, 6.07) is 6.34. The smallest absolute Gasteiger partial charge is 0.220 e. The molecule has 2 N–H and O–H groups in total. The maximum absolute atomic E-state index is 12.1.